The summed E-state index contributed by atoms with van der Waals surface area (Å²) in [5.74, 6) is -0.270. The van der Waals surface area contributed by atoms with Gasteiger partial charge in [0, 0.05) is 5.69 Å². The fourth-order valence-electron chi connectivity index (χ4n) is 1.11. The van der Waals surface area contributed by atoms with Crippen LogP contribution in [0.15, 0.2) is 18.2 Å². The number of hydrogen-bond acceptors (Lipinski definition) is 3. The Hall–Kier alpha value is -1.57. The number of nitriles is 1. The number of nitrogens with one attached hydrogen (secondary N) is 1. The topological polar surface area (TPSA) is 78.9 Å². The van der Waals surface area contributed by atoms with E-state index in [1.165, 1.54) is 6.07 Å². The van der Waals surface area contributed by atoms with Crippen molar-refractivity contribution in [1.82, 2.24) is 0 Å². The number of hydrogen-bond donors (Lipinski definition) is 2. The second-order valence-corrected chi connectivity index (χ2v) is 3.72. The van der Waals surface area contributed by atoms with Crippen LogP contribution in [0.4, 0.5) is 5.69 Å². The van der Waals surface area contributed by atoms with Crippen LogP contribution < -0.4 is 11.1 Å². The first-order chi connectivity index (χ1) is 7.58. The molecule has 1 aromatic carbocycles. The van der Waals surface area contributed by atoms with Crippen molar-refractivity contribution < 1.29 is 4.79 Å². The Kier molecular flexibility index (Phi) is 4.29. The number of amides is 1. The first kappa shape index (κ1) is 12.5. The number of nitrogens with zero attached hydrogens (tertiary/aromatic N) is 1. The van der Waals surface area contributed by atoms with Gasteiger partial charge in [-0.05, 0) is 24.6 Å². The number of halogens is 1. The normalized spacial score (nSPS) is 11.6. The summed E-state index contributed by atoms with van der Waals surface area (Å²) in [7, 11) is 0. The van der Waals surface area contributed by atoms with Gasteiger partial charge in [-0.25, -0.2) is 0 Å². The molecule has 0 bridgehead atoms. The van der Waals surface area contributed by atoms with Crippen molar-refractivity contribution in [2.24, 2.45) is 5.73 Å². The van der Waals surface area contributed by atoms with Gasteiger partial charge in [-0.1, -0.05) is 18.5 Å². The van der Waals surface area contributed by atoms with E-state index in [4.69, 9.17) is 22.6 Å². The molecule has 0 aromatic heterocycles. The Labute approximate surface area is 99.0 Å². The number of carbonyl (C=O) groups excluding carboxylic acids is 1. The Morgan fingerprint density at radius 3 is 2.94 bits per heavy atom. The van der Waals surface area contributed by atoms with E-state index < -0.39 is 6.04 Å². The molecule has 5 heteroatoms. The van der Waals surface area contributed by atoms with E-state index in [2.05, 4.69) is 5.32 Å². The lowest BCUT2D eigenvalue weighted by Gasteiger charge is -2.10. The molecule has 0 spiro atoms. The number of carbonyl (C=O) groups is 1. The Morgan fingerprint density at radius 1 is 1.69 bits per heavy atom. The van der Waals surface area contributed by atoms with Gasteiger partial charge in [0.05, 0.1) is 16.6 Å². The molecule has 1 aromatic rings. The summed E-state index contributed by atoms with van der Waals surface area (Å²) in [5, 5.41) is 11.7. The van der Waals surface area contributed by atoms with Crippen molar-refractivity contribution in [2.45, 2.75) is 19.4 Å². The summed E-state index contributed by atoms with van der Waals surface area (Å²) in [6, 6.07) is 6.10. The molecule has 0 aliphatic carbocycles. The van der Waals surface area contributed by atoms with Crippen LogP contribution in [-0.2, 0) is 4.79 Å². The van der Waals surface area contributed by atoms with Crippen LogP contribution in [0.25, 0.3) is 0 Å². The summed E-state index contributed by atoms with van der Waals surface area (Å²) in [4.78, 5) is 11.5. The fraction of sp³-hybridized carbons (Fsp3) is 0.273. The SMILES string of the molecule is CC[C@H](N)C(=O)Nc1ccc(Cl)c(C#N)c1. The lowest BCUT2D eigenvalue weighted by Crippen LogP contribution is -2.34. The maximum atomic E-state index is 11.5. The van der Waals surface area contributed by atoms with Crippen LogP contribution in [0.5, 0.6) is 0 Å². The molecule has 84 valence electrons. The van der Waals surface area contributed by atoms with Gasteiger partial charge in [-0.3, -0.25) is 4.79 Å². The summed E-state index contributed by atoms with van der Waals surface area (Å²) in [5.41, 5.74) is 6.41. The molecule has 1 amide bonds. The lowest BCUT2D eigenvalue weighted by molar-refractivity contribution is -0.117. The molecule has 0 saturated carbocycles. The van der Waals surface area contributed by atoms with E-state index in [-0.39, 0.29) is 5.91 Å². The molecule has 16 heavy (non-hydrogen) atoms. The number of benzene rings is 1. The number of nitrogens with two attached hydrogens (primary N) is 1. The monoisotopic (exact) mass is 237 g/mol. The zero-order valence-electron chi connectivity index (χ0n) is 8.83. The highest BCUT2D eigenvalue weighted by Crippen LogP contribution is 2.19. The zero-order valence-corrected chi connectivity index (χ0v) is 9.58. The van der Waals surface area contributed by atoms with Gasteiger partial charge in [0.2, 0.25) is 5.91 Å². The third kappa shape index (κ3) is 2.96. The van der Waals surface area contributed by atoms with Crippen LogP contribution in [0.1, 0.15) is 18.9 Å². The van der Waals surface area contributed by atoms with Crippen molar-refractivity contribution >= 4 is 23.2 Å². The zero-order chi connectivity index (χ0) is 12.1. The summed E-state index contributed by atoms with van der Waals surface area (Å²) < 4.78 is 0. The van der Waals surface area contributed by atoms with Crippen LogP contribution in [-0.4, -0.2) is 11.9 Å². The molecule has 0 saturated heterocycles. The highest BCUT2D eigenvalue weighted by atomic mass is 35.5. The first-order valence-electron chi connectivity index (χ1n) is 4.84. The minimum absolute atomic E-state index is 0.270. The number of anilines is 1. The predicted octanol–water partition coefficient (Wildman–Crippen LogP) is 1.89. The third-order valence-corrected chi connectivity index (χ3v) is 2.46. The van der Waals surface area contributed by atoms with Gasteiger partial charge < -0.3 is 11.1 Å². The molecule has 0 unspecified atom stereocenters. The highest BCUT2D eigenvalue weighted by molar-refractivity contribution is 6.31. The van der Waals surface area contributed by atoms with E-state index >= 15 is 0 Å². The van der Waals surface area contributed by atoms with E-state index in [0.717, 1.165) is 0 Å². The van der Waals surface area contributed by atoms with Gasteiger partial charge in [-0.15, -0.1) is 0 Å². The largest absolute Gasteiger partial charge is 0.325 e. The average molecular weight is 238 g/mol. The predicted molar refractivity (Wildman–Crippen MR) is 63.1 cm³/mol. The molecule has 0 radical (unpaired) electrons. The quantitative estimate of drug-likeness (QED) is 0.843. The highest BCUT2D eigenvalue weighted by Gasteiger charge is 2.11. The van der Waals surface area contributed by atoms with Crippen LogP contribution in [0.3, 0.4) is 0 Å². The second kappa shape index (κ2) is 5.50. The molecular weight excluding hydrogens is 226 g/mol. The molecule has 0 heterocycles. The van der Waals surface area contributed by atoms with Gasteiger partial charge in [0.1, 0.15) is 6.07 Å². The van der Waals surface area contributed by atoms with Crippen LogP contribution >= 0.6 is 11.6 Å². The maximum Gasteiger partial charge on any atom is 0.241 e. The van der Waals surface area contributed by atoms with E-state index in [1.807, 2.05) is 13.0 Å². The van der Waals surface area contributed by atoms with Crippen molar-refractivity contribution in [3.63, 3.8) is 0 Å². The maximum absolute atomic E-state index is 11.5. The molecule has 0 aliphatic rings. The number of rotatable bonds is 3. The van der Waals surface area contributed by atoms with Gasteiger partial charge >= 0.3 is 0 Å². The minimum atomic E-state index is -0.541. The van der Waals surface area contributed by atoms with E-state index in [9.17, 15) is 4.79 Å². The Bertz CT molecular complexity index is 439. The van der Waals surface area contributed by atoms with Gasteiger partial charge in [0.15, 0.2) is 0 Å². The average Bonchev–Trinajstić information content (AvgIpc) is 2.30. The molecule has 1 rings (SSSR count). The molecule has 0 aliphatic heterocycles. The van der Waals surface area contributed by atoms with E-state index in [0.29, 0.717) is 22.7 Å². The standard InChI is InChI=1S/C11H12ClN3O/c1-2-10(14)11(16)15-8-3-4-9(12)7(5-8)6-13/h3-5,10H,2,14H2,1H3,(H,15,16)/t10-/m0/s1. The molecule has 3 N–H and O–H groups in total. The van der Waals surface area contributed by atoms with Crippen LogP contribution in [0, 0.1) is 11.3 Å². The Morgan fingerprint density at radius 2 is 2.38 bits per heavy atom. The summed E-state index contributed by atoms with van der Waals surface area (Å²) in [6.07, 6.45) is 0.560. The first-order valence-corrected chi connectivity index (χ1v) is 5.22. The molecule has 4 nitrogen and oxygen atoms in total. The third-order valence-electron chi connectivity index (χ3n) is 2.13. The minimum Gasteiger partial charge on any atom is -0.325 e. The van der Waals surface area contributed by atoms with E-state index in [1.54, 1.807) is 12.1 Å². The fourth-order valence-corrected chi connectivity index (χ4v) is 1.27. The second-order valence-electron chi connectivity index (χ2n) is 3.31. The summed E-state index contributed by atoms with van der Waals surface area (Å²) >= 11 is 5.76. The van der Waals surface area contributed by atoms with Gasteiger partial charge in [0.25, 0.3) is 0 Å². The van der Waals surface area contributed by atoms with Crippen molar-refractivity contribution in [3.05, 3.63) is 28.8 Å². The van der Waals surface area contributed by atoms with Crippen molar-refractivity contribution in [2.75, 3.05) is 5.32 Å². The summed E-state index contributed by atoms with van der Waals surface area (Å²) in [6.45, 7) is 1.83. The Balaban J connectivity index is 2.83. The molecule has 1 atom stereocenters. The molecular formula is C11H12ClN3O. The van der Waals surface area contributed by atoms with Gasteiger partial charge in [-0.2, -0.15) is 5.26 Å². The molecule has 0 fully saturated rings. The smallest absolute Gasteiger partial charge is 0.241 e. The van der Waals surface area contributed by atoms with Crippen LogP contribution in [0.2, 0.25) is 5.02 Å². The van der Waals surface area contributed by atoms with Crippen molar-refractivity contribution in [3.8, 4) is 6.07 Å². The lowest BCUT2D eigenvalue weighted by atomic mass is 10.2. The van der Waals surface area contributed by atoms with Crippen molar-refractivity contribution in [1.29, 1.82) is 5.26 Å².